The van der Waals surface area contributed by atoms with E-state index in [4.69, 9.17) is 5.73 Å². The van der Waals surface area contributed by atoms with E-state index < -0.39 is 15.7 Å². The molecule has 0 saturated carbocycles. The van der Waals surface area contributed by atoms with Crippen LogP contribution in [0.4, 0.5) is 0 Å². The number of rotatable bonds is 7. The second kappa shape index (κ2) is 6.69. The molecule has 1 aliphatic rings. The highest BCUT2D eigenvalue weighted by Crippen LogP contribution is 2.32. The van der Waals surface area contributed by atoms with Gasteiger partial charge in [-0.25, -0.2) is 8.42 Å². The monoisotopic (exact) mass is 316 g/mol. The lowest BCUT2D eigenvalue weighted by molar-refractivity contribution is -0.117. The third-order valence-electron chi connectivity index (χ3n) is 3.64. The fourth-order valence-electron chi connectivity index (χ4n) is 2.55. The molecule has 1 saturated heterocycles. The first-order valence-corrected chi connectivity index (χ1v) is 9.49. The number of nitrogens with zero attached hydrogens (tertiary/aromatic N) is 1. The number of thiophene rings is 1. The Morgan fingerprint density at radius 3 is 2.90 bits per heavy atom. The van der Waals surface area contributed by atoms with Crippen LogP contribution in [-0.4, -0.2) is 43.8 Å². The van der Waals surface area contributed by atoms with Crippen molar-refractivity contribution in [2.45, 2.75) is 25.3 Å². The normalized spacial score (nSPS) is 20.3. The van der Waals surface area contributed by atoms with Crippen LogP contribution in [0.15, 0.2) is 16.8 Å². The summed E-state index contributed by atoms with van der Waals surface area (Å²) in [6, 6.07) is 2.45. The molecule has 20 heavy (non-hydrogen) atoms. The summed E-state index contributed by atoms with van der Waals surface area (Å²) in [6.45, 7) is 1.47. The summed E-state index contributed by atoms with van der Waals surface area (Å²) in [4.78, 5) is 12.9. The molecule has 0 aliphatic carbocycles. The van der Waals surface area contributed by atoms with Crippen molar-refractivity contribution in [1.82, 2.24) is 4.90 Å². The van der Waals surface area contributed by atoms with E-state index in [2.05, 4.69) is 21.7 Å². The molecule has 1 aromatic rings. The Hall–Kier alpha value is -0.920. The number of sulfone groups is 1. The second-order valence-electron chi connectivity index (χ2n) is 5.12. The van der Waals surface area contributed by atoms with Crippen LogP contribution in [-0.2, 0) is 14.6 Å². The van der Waals surface area contributed by atoms with E-state index in [0.29, 0.717) is 12.6 Å². The first kappa shape index (κ1) is 15.5. The van der Waals surface area contributed by atoms with Crippen LogP contribution in [0.3, 0.4) is 0 Å². The van der Waals surface area contributed by atoms with Crippen LogP contribution in [0.25, 0.3) is 0 Å². The zero-order chi connectivity index (χ0) is 14.6. The summed E-state index contributed by atoms with van der Waals surface area (Å²) in [5, 5.41) is 4.18. The molecule has 2 N–H and O–H groups in total. The lowest BCUT2D eigenvalue weighted by Gasteiger charge is -2.23. The first-order valence-electron chi connectivity index (χ1n) is 6.73. The fraction of sp³-hybridized carbons (Fsp3) is 0.615. The standard InChI is InChI=1S/C13H20N2O3S2/c14-13(16)4-8-20(17,18)9-6-15-5-1-2-12(15)11-3-7-19-10-11/h3,7,10,12H,1-2,4-6,8-9H2,(H2,14,16). The summed E-state index contributed by atoms with van der Waals surface area (Å²) < 4.78 is 23.7. The van der Waals surface area contributed by atoms with Gasteiger partial charge in [-0.1, -0.05) is 0 Å². The van der Waals surface area contributed by atoms with Crippen molar-refractivity contribution in [3.8, 4) is 0 Å². The number of hydrogen-bond donors (Lipinski definition) is 1. The molecule has 0 radical (unpaired) electrons. The van der Waals surface area contributed by atoms with Gasteiger partial charge in [0.25, 0.3) is 0 Å². The third-order valence-corrected chi connectivity index (χ3v) is 5.97. The summed E-state index contributed by atoms with van der Waals surface area (Å²) >= 11 is 1.67. The van der Waals surface area contributed by atoms with Crippen LogP contribution in [0, 0.1) is 0 Å². The molecule has 7 heteroatoms. The van der Waals surface area contributed by atoms with Crippen LogP contribution in [0.5, 0.6) is 0 Å². The minimum absolute atomic E-state index is 0.0870. The first-order chi connectivity index (χ1) is 9.48. The van der Waals surface area contributed by atoms with Crippen LogP contribution < -0.4 is 5.73 Å². The molecule has 2 rings (SSSR count). The molecule has 1 aromatic heterocycles. The SMILES string of the molecule is NC(=O)CCS(=O)(=O)CCN1CCCC1c1ccsc1. The van der Waals surface area contributed by atoms with Crippen LogP contribution in [0.2, 0.25) is 0 Å². The number of carbonyl (C=O) groups excluding carboxylic acids is 1. The summed E-state index contributed by atoms with van der Waals surface area (Å²) in [5.74, 6) is -0.605. The second-order valence-corrected chi connectivity index (χ2v) is 8.20. The Morgan fingerprint density at radius 2 is 2.25 bits per heavy atom. The largest absolute Gasteiger partial charge is 0.370 e. The van der Waals surface area contributed by atoms with Crippen molar-refractivity contribution in [2.24, 2.45) is 5.73 Å². The van der Waals surface area contributed by atoms with E-state index in [1.54, 1.807) is 11.3 Å². The Bertz CT molecular complexity index is 540. The molecule has 5 nitrogen and oxygen atoms in total. The van der Waals surface area contributed by atoms with Crippen molar-refractivity contribution in [3.63, 3.8) is 0 Å². The summed E-state index contributed by atoms with van der Waals surface area (Å²) in [6.07, 6.45) is 2.09. The average molecular weight is 316 g/mol. The maximum absolute atomic E-state index is 11.9. The van der Waals surface area contributed by atoms with Crippen LogP contribution in [0.1, 0.15) is 30.9 Å². The van der Waals surface area contributed by atoms with Crippen molar-refractivity contribution < 1.29 is 13.2 Å². The molecule has 0 bridgehead atoms. The van der Waals surface area contributed by atoms with Gasteiger partial charge >= 0.3 is 0 Å². The predicted molar refractivity (Wildman–Crippen MR) is 80.3 cm³/mol. The lowest BCUT2D eigenvalue weighted by Crippen LogP contribution is -2.30. The van der Waals surface area contributed by atoms with Gasteiger partial charge in [-0.15, -0.1) is 0 Å². The topological polar surface area (TPSA) is 80.5 Å². The van der Waals surface area contributed by atoms with Gasteiger partial charge in [0.15, 0.2) is 9.84 Å². The minimum Gasteiger partial charge on any atom is -0.370 e. The molecule has 1 unspecified atom stereocenters. The lowest BCUT2D eigenvalue weighted by atomic mass is 10.1. The Labute approximate surface area is 123 Å². The molecule has 112 valence electrons. The van der Waals surface area contributed by atoms with Crippen molar-refractivity contribution in [1.29, 1.82) is 0 Å². The van der Waals surface area contributed by atoms with Gasteiger partial charge in [0, 0.05) is 19.0 Å². The number of amides is 1. The molecule has 1 fully saturated rings. The highest BCUT2D eigenvalue weighted by atomic mass is 32.2. The zero-order valence-electron chi connectivity index (χ0n) is 11.3. The molecular weight excluding hydrogens is 296 g/mol. The molecule has 2 heterocycles. The fourth-order valence-corrected chi connectivity index (χ4v) is 4.49. The Morgan fingerprint density at radius 1 is 1.45 bits per heavy atom. The van der Waals surface area contributed by atoms with E-state index in [9.17, 15) is 13.2 Å². The minimum atomic E-state index is -3.20. The maximum Gasteiger partial charge on any atom is 0.218 e. The average Bonchev–Trinajstić information content (AvgIpc) is 3.04. The molecule has 1 atom stereocenters. The summed E-state index contributed by atoms with van der Waals surface area (Å²) in [7, 11) is -3.20. The Balaban J connectivity index is 1.88. The number of primary amides is 1. The smallest absolute Gasteiger partial charge is 0.218 e. The van der Waals surface area contributed by atoms with Crippen molar-refractivity contribution >= 4 is 27.1 Å². The van der Waals surface area contributed by atoms with E-state index in [-0.39, 0.29) is 17.9 Å². The molecule has 1 amide bonds. The van der Waals surface area contributed by atoms with Crippen molar-refractivity contribution in [2.75, 3.05) is 24.6 Å². The molecule has 0 spiro atoms. The van der Waals surface area contributed by atoms with Gasteiger partial charge in [-0.05, 0) is 41.8 Å². The predicted octanol–water partition coefficient (Wildman–Crippen LogP) is 1.18. The number of likely N-dealkylation sites (tertiary alicyclic amines) is 1. The van der Waals surface area contributed by atoms with E-state index in [0.717, 1.165) is 19.4 Å². The van der Waals surface area contributed by atoms with E-state index >= 15 is 0 Å². The highest BCUT2D eigenvalue weighted by molar-refractivity contribution is 7.91. The number of carbonyl (C=O) groups is 1. The maximum atomic E-state index is 11.9. The molecule has 1 aliphatic heterocycles. The Kier molecular flexibility index (Phi) is 5.17. The van der Waals surface area contributed by atoms with Gasteiger partial charge in [0.05, 0.1) is 11.5 Å². The number of hydrogen-bond acceptors (Lipinski definition) is 5. The van der Waals surface area contributed by atoms with E-state index in [1.165, 1.54) is 5.56 Å². The summed E-state index contributed by atoms with van der Waals surface area (Å²) in [5.41, 5.74) is 6.27. The van der Waals surface area contributed by atoms with Gasteiger partial charge in [0.2, 0.25) is 5.91 Å². The van der Waals surface area contributed by atoms with Crippen molar-refractivity contribution in [3.05, 3.63) is 22.4 Å². The molecule has 0 aromatic carbocycles. The van der Waals surface area contributed by atoms with Gasteiger partial charge in [0.1, 0.15) is 0 Å². The van der Waals surface area contributed by atoms with Crippen LogP contribution >= 0.6 is 11.3 Å². The quantitative estimate of drug-likeness (QED) is 0.819. The van der Waals surface area contributed by atoms with Gasteiger partial charge in [-0.3, -0.25) is 9.69 Å². The third kappa shape index (κ3) is 4.29. The highest BCUT2D eigenvalue weighted by Gasteiger charge is 2.27. The zero-order valence-corrected chi connectivity index (χ0v) is 13.0. The van der Waals surface area contributed by atoms with Gasteiger partial charge < -0.3 is 5.73 Å². The van der Waals surface area contributed by atoms with Gasteiger partial charge in [-0.2, -0.15) is 11.3 Å². The number of nitrogens with two attached hydrogens (primary N) is 1. The molecular formula is C13H20N2O3S2. The van der Waals surface area contributed by atoms with E-state index in [1.807, 2.05) is 0 Å².